The van der Waals surface area contributed by atoms with Crippen molar-refractivity contribution in [3.63, 3.8) is 0 Å². The van der Waals surface area contributed by atoms with Crippen LogP contribution in [0.15, 0.2) is 35.4 Å². The molecule has 9 nitrogen and oxygen atoms in total. The van der Waals surface area contributed by atoms with Crippen molar-refractivity contribution in [1.29, 1.82) is 0 Å². The van der Waals surface area contributed by atoms with Crippen molar-refractivity contribution in [3.8, 4) is 17.4 Å². The molecule has 1 spiro atoms. The summed E-state index contributed by atoms with van der Waals surface area (Å²) in [5.74, 6) is -1.20. The lowest BCUT2D eigenvalue weighted by Gasteiger charge is -2.32. The van der Waals surface area contributed by atoms with Gasteiger partial charge in [-0.15, -0.1) is 0 Å². The zero-order valence-corrected chi connectivity index (χ0v) is 17.1. The van der Waals surface area contributed by atoms with E-state index in [-0.39, 0.29) is 35.4 Å². The van der Waals surface area contributed by atoms with Crippen LogP contribution in [0.1, 0.15) is 12.0 Å². The fraction of sp³-hybridized carbons (Fsp3) is 0.381. The van der Waals surface area contributed by atoms with Crippen LogP contribution in [0.25, 0.3) is 0 Å². The maximum absolute atomic E-state index is 14.5. The largest absolute Gasteiger partial charge is 0.473 e. The number of ether oxygens (including phenoxy) is 3. The number of nitrogens with zero attached hydrogens (tertiary/aromatic N) is 5. The first kappa shape index (κ1) is 19.2. The Morgan fingerprint density at radius 1 is 1.28 bits per heavy atom. The number of aryl methyl sites for hydroxylation is 1. The Labute approximate surface area is 180 Å². The van der Waals surface area contributed by atoms with Crippen molar-refractivity contribution in [2.24, 2.45) is 7.05 Å². The Balaban J connectivity index is 1.21. The van der Waals surface area contributed by atoms with Crippen molar-refractivity contribution in [1.82, 2.24) is 19.3 Å². The highest BCUT2D eigenvalue weighted by molar-refractivity contribution is 5.52. The van der Waals surface area contributed by atoms with Crippen molar-refractivity contribution in [2.45, 2.75) is 31.2 Å². The van der Waals surface area contributed by atoms with Crippen molar-refractivity contribution >= 4 is 5.82 Å². The lowest BCUT2D eigenvalue weighted by Crippen LogP contribution is -2.46. The number of rotatable bonds is 5. The van der Waals surface area contributed by atoms with E-state index >= 15 is 0 Å². The van der Waals surface area contributed by atoms with Crippen LogP contribution in [0.4, 0.5) is 14.6 Å². The molecule has 32 heavy (non-hydrogen) atoms. The van der Waals surface area contributed by atoms with Crippen LogP contribution in [-0.4, -0.2) is 44.1 Å². The van der Waals surface area contributed by atoms with Crippen LogP contribution < -0.4 is 20.1 Å². The van der Waals surface area contributed by atoms with E-state index in [0.29, 0.717) is 13.2 Å². The SMILES string of the molecule is Cn1cc(Oc2c(F)cc(COc3cc4n(c(=O)n3)C[C@]35CO[C@H](CN43)C5)cc2F)cn1. The van der Waals surface area contributed by atoms with E-state index in [0.717, 1.165) is 30.9 Å². The van der Waals surface area contributed by atoms with E-state index in [1.807, 2.05) is 0 Å². The van der Waals surface area contributed by atoms with Crippen LogP contribution in [0, 0.1) is 11.6 Å². The summed E-state index contributed by atoms with van der Waals surface area (Å²) in [5.41, 5.74) is -0.360. The van der Waals surface area contributed by atoms with E-state index in [1.165, 1.54) is 17.1 Å². The molecule has 2 atom stereocenters. The Kier molecular flexibility index (Phi) is 4.06. The maximum Gasteiger partial charge on any atom is 0.352 e. The smallest absolute Gasteiger partial charge is 0.352 e. The quantitative estimate of drug-likeness (QED) is 0.596. The van der Waals surface area contributed by atoms with Gasteiger partial charge < -0.3 is 19.1 Å². The molecule has 0 aliphatic carbocycles. The van der Waals surface area contributed by atoms with Crippen LogP contribution >= 0.6 is 0 Å². The summed E-state index contributed by atoms with van der Waals surface area (Å²) in [4.78, 5) is 18.7. The maximum atomic E-state index is 14.5. The fourth-order valence-electron chi connectivity index (χ4n) is 4.78. The summed E-state index contributed by atoms with van der Waals surface area (Å²) >= 11 is 0. The number of anilines is 1. The molecule has 2 aromatic heterocycles. The Bertz CT molecular complexity index is 1270. The Morgan fingerprint density at radius 3 is 2.81 bits per heavy atom. The van der Waals surface area contributed by atoms with Crippen molar-refractivity contribution in [2.75, 3.05) is 18.1 Å². The number of fused-ring (bicyclic) bond motifs is 3. The van der Waals surface area contributed by atoms with Gasteiger partial charge in [0.15, 0.2) is 23.1 Å². The number of aromatic nitrogens is 4. The molecule has 0 N–H and O–H groups in total. The molecule has 3 aromatic rings. The van der Waals surface area contributed by atoms with Crippen molar-refractivity contribution in [3.05, 3.63) is 58.3 Å². The summed E-state index contributed by atoms with van der Waals surface area (Å²) in [6, 6.07) is 3.95. The molecular weight excluding hydrogens is 424 g/mol. The van der Waals surface area contributed by atoms with Crippen LogP contribution in [-0.2, 0) is 24.9 Å². The monoisotopic (exact) mass is 443 g/mol. The van der Waals surface area contributed by atoms with Crippen molar-refractivity contribution < 1.29 is 23.0 Å². The van der Waals surface area contributed by atoms with Gasteiger partial charge in [-0.1, -0.05) is 0 Å². The molecule has 166 valence electrons. The molecule has 0 saturated carbocycles. The van der Waals surface area contributed by atoms with Crippen LogP contribution in [0.5, 0.6) is 17.4 Å². The Morgan fingerprint density at radius 2 is 2.09 bits per heavy atom. The highest BCUT2D eigenvalue weighted by atomic mass is 19.1. The Hall–Kier alpha value is -3.47. The average molecular weight is 443 g/mol. The first-order valence-corrected chi connectivity index (χ1v) is 10.2. The zero-order valence-electron chi connectivity index (χ0n) is 17.1. The number of hydrogen-bond acceptors (Lipinski definition) is 7. The molecule has 11 heteroatoms. The first-order valence-electron chi connectivity index (χ1n) is 10.2. The molecule has 0 radical (unpaired) electrons. The number of benzene rings is 1. The summed E-state index contributed by atoms with van der Waals surface area (Å²) in [5, 5.41) is 3.90. The summed E-state index contributed by atoms with van der Waals surface area (Å²) in [6.07, 6.45) is 3.91. The number of hydrogen-bond donors (Lipinski definition) is 0. The summed E-state index contributed by atoms with van der Waals surface area (Å²) in [6.45, 7) is 1.69. The third-order valence-electron chi connectivity index (χ3n) is 6.19. The minimum atomic E-state index is -0.871. The summed E-state index contributed by atoms with van der Waals surface area (Å²) < 4.78 is 48.7. The second-order valence-electron chi connectivity index (χ2n) is 8.42. The van der Waals surface area contributed by atoms with E-state index < -0.39 is 23.1 Å². The highest BCUT2D eigenvalue weighted by Crippen LogP contribution is 2.46. The first-order chi connectivity index (χ1) is 15.4. The van der Waals surface area contributed by atoms with Gasteiger partial charge in [0.25, 0.3) is 0 Å². The molecule has 5 heterocycles. The van der Waals surface area contributed by atoms with Gasteiger partial charge in [0.2, 0.25) is 5.88 Å². The minimum absolute atomic E-state index is 0.110. The predicted octanol–water partition coefficient (Wildman–Crippen LogP) is 1.99. The molecule has 2 bridgehead atoms. The number of morpholine rings is 1. The second kappa shape index (κ2) is 6.76. The fourth-order valence-corrected chi connectivity index (χ4v) is 4.78. The molecule has 2 fully saturated rings. The molecule has 6 rings (SSSR count). The molecule has 3 aliphatic heterocycles. The zero-order chi connectivity index (χ0) is 22.0. The number of halogens is 2. The highest BCUT2D eigenvalue weighted by Gasteiger charge is 2.56. The topological polar surface area (TPSA) is 83.6 Å². The second-order valence-corrected chi connectivity index (χ2v) is 8.42. The average Bonchev–Trinajstić information content (AvgIpc) is 3.50. The van der Waals surface area contributed by atoms with E-state index in [2.05, 4.69) is 15.0 Å². The van der Waals surface area contributed by atoms with Gasteiger partial charge in [0.05, 0.1) is 37.2 Å². The van der Waals surface area contributed by atoms with Gasteiger partial charge >= 0.3 is 5.69 Å². The van der Waals surface area contributed by atoms with E-state index in [1.54, 1.807) is 17.7 Å². The van der Waals surface area contributed by atoms with Gasteiger partial charge in [-0.2, -0.15) is 10.1 Å². The van der Waals surface area contributed by atoms with E-state index in [4.69, 9.17) is 14.2 Å². The van der Waals surface area contributed by atoms with Gasteiger partial charge in [0.1, 0.15) is 12.4 Å². The van der Waals surface area contributed by atoms with Gasteiger partial charge in [0, 0.05) is 26.1 Å². The molecule has 0 amide bonds. The minimum Gasteiger partial charge on any atom is -0.473 e. The lowest BCUT2D eigenvalue weighted by atomic mass is 10.0. The van der Waals surface area contributed by atoms with E-state index in [9.17, 15) is 13.6 Å². The molecule has 2 saturated heterocycles. The molecule has 0 unspecified atom stereocenters. The normalized spacial score (nSPS) is 22.8. The van der Waals surface area contributed by atoms with Crippen LogP contribution in [0.2, 0.25) is 0 Å². The molecular formula is C21H19F2N5O4. The standard InChI is InChI=1S/C21H19F2N5O4/c1-26-7-14(6-24-26)32-19-15(22)2-12(3-16(19)23)9-30-17-4-18-27(20(29)25-17)10-21-5-13(31-11-21)8-28(18)21/h2-4,6-7,13H,5,8-11H2,1H3/t13-,21+/m0/s1. The third-order valence-corrected chi connectivity index (χ3v) is 6.19. The van der Waals surface area contributed by atoms with Gasteiger partial charge in [-0.05, 0) is 17.7 Å². The molecule has 1 aromatic carbocycles. The lowest BCUT2D eigenvalue weighted by molar-refractivity contribution is 0.0856. The summed E-state index contributed by atoms with van der Waals surface area (Å²) in [7, 11) is 1.67. The van der Waals surface area contributed by atoms with Gasteiger partial charge in [-0.3, -0.25) is 9.25 Å². The third kappa shape index (κ3) is 2.95. The van der Waals surface area contributed by atoms with Gasteiger partial charge in [-0.25, -0.2) is 13.6 Å². The van der Waals surface area contributed by atoms with Crippen LogP contribution in [0.3, 0.4) is 0 Å². The predicted molar refractivity (Wildman–Crippen MR) is 107 cm³/mol. The molecule has 3 aliphatic rings.